The fourth-order valence-electron chi connectivity index (χ4n) is 3.17. The molecule has 7 nitrogen and oxygen atoms in total. The van der Waals surface area contributed by atoms with Gasteiger partial charge in [0.25, 0.3) is 0 Å². The maximum Gasteiger partial charge on any atom is 0.243 e. The van der Waals surface area contributed by atoms with Gasteiger partial charge in [-0.25, -0.2) is 16.8 Å². The Balaban J connectivity index is 2.44. The number of hydrogen-bond donors (Lipinski definition) is 1. The van der Waals surface area contributed by atoms with Crippen molar-refractivity contribution in [2.45, 2.75) is 48.9 Å². The summed E-state index contributed by atoms with van der Waals surface area (Å²) < 4.78 is 54.1. The fraction of sp³-hybridized carbons (Fsp3) is 0.625. The van der Waals surface area contributed by atoms with E-state index in [9.17, 15) is 16.8 Å². The Hall–Kier alpha value is -1.00. The van der Waals surface area contributed by atoms with E-state index >= 15 is 0 Å². The molecule has 1 heterocycles. The van der Waals surface area contributed by atoms with Crippen LogP contribution < -0.4 is 5.73 Å². The van der Waals surface area contributed by atoms with Crippen LogP contribution in [0.25, 0.3) is 0 Å². The largest absolute Gasteiger partial charge is 0.329 e. The molecule has 2 rings (SSSR count). The van der Waals surface area contributed by atoms with Gasteiger partial charge in [-0.2, -0.15) is 8.61 Å². The van der Waals surface area contributed by atoms with Crippen LogP contribution >= 0.6 is 0 Å². The SMILES string of the molecule is CCN(CC)S(=O)(=O)c1cccc(S(=O)(=O)N2CCCCC2CN)c1. The number of hydrogen-bond acceptors (Lipinski definition) is 5. The molecule has 1 unspecified atom stereocenters. The maximum absolute atomic E-state index is 13.0. The van der Waals surface area contributed by atoms with E-state index in [1.165, 1.54) is 32.9 Å². The minimum atomic E-state index is -3.77. The lowest BCUT2D eigenvalue weighted by atomic mass is 10.1. The first kappa shape index (κ1) is 20.3. The maximum atomic E-state index is 13.0. The van der Waals surface area contributed by atoms with Crippen LogP contribution in [0, 0.1) is 0 Å². The first-order valence-corrected chi connectivity index (χ1v) is 11.5. The van der Waals surface area contributed by atoms with E-state index in [1.54, 1.807) is 13.8 Å². The van der Waals surface area contributed by atoms with E-state index in [0.717, 1.165) is 19.3 Å². The van der Waals surface area contributed by atoms with E-state index in [2.05, 4.69) is 0 Å². The van der Waals surface area contributed by atoms with Crippen LogP contribution in [0.1, 0.15) is 33.1 Å². The van der Waals surface area contributed by atoms with Crippen LogP contribution in [-0.4, -0.2) is 57.7 Å². The summed E-state index contributed by atoms with van der Waals surface area (Å²) in [6.07, 6.45) is 2.46. The topological polar surface area (TPSA) is 101 Å². The molecule has 142 valence electrons. The molecule has 0 amide bonds. The van der Waals surface area contributed by atoms with Crippen molar-refractivity contribution in [2.24, 2.45) is 5.73 Å². The second-order valence-corrected chi connectivity index (χ2v) is 9.89. The van der Waals surface area contributed by atoms with Crippen LogP contribution in [0.2, 0.25) is 0 Å². The molecule has 1 aromatic carbocycles. The smallest absolute Gasteiger partial charge is 0.243 e. The zero-order chi connectivity index (χ0) is 18.7. The molecule has 0 bridgehead atoms. The van der Waals surface area contributed by atoms with Crippen LogP contribution in [0.3, 0.4) is 0 Å². The molecule has 9 heteroatoms. The highest BCUT2D eigenvalue weighted by Gasteiger charge is 2.33. The van der Waals surface area contributed by atoms with Gasteiger partial charge in [0.1, 0.15) is 0 Å². The zero-order valence-corrected chi connectivity index (χ0v) is 16.4. The molecule has 1 aliphatic heterocycles. The Bertz CT molecular complexity index is 789. The summed E-state index contributed by atoms with van der Waals surface area (Å²) >= 11 is 0. The summed E-state index contributed by atoms with van der Waals surface area (Å²) in [4.78, 5) is -0.000311. The molecule has 0 saturated carbocycles. The summed E-state index contributed by atoms with van der Waals surface area (Å²) in [6.45, 7) is 4.84. The van der Waals surface area contributed by atoms with Crippen molar-refractivity contribution in [3.63, 3.8) is 0 Å². The van der Waals surface area contributed by atoms with Crippen LogP contribution in [-0.2, 0) is 20.0 Å². The Morgan fingerprint density at radius 1 is 1.12 bits per heavy atom. The monoisotopic (exact) mass is 389 g/mol. The molecule has 0 spiro atoms. The third-order valence-corrected chi connectivity index (χ3v) is 8.59. The van der Waals surface area contributed by atoms with Crippen LogP contribution in [0.15, 0.2) is 34.1 Å². The Morgan fingerprint density at radius 3 is 2.36 bits per heavy atom. The van der Waals surface area contributed by atoms with Crippen molar-refractivity contribution in [2.75, 3.05) is 26.2 Å². The molecular weight excluding hydrogens is 362 g/mol. The molecule has 1 saturated heterocycles. The van der Waals surface area contributed by atoms with Gasteiger partial charge < -0.3 is 5.73 Å². The molecule has 0 radical (unpaired) electrons. The summed E-state index contributed by atoms with van der Waals surface area (Å²) in [6, 6.07) is 5.37. The predicted octanol–water partition coefficient (Wildman–Crippen LogP) is 1.22. The zero-order valence-electron chi connectivity index (χ0n) is 14.8. The first-order chi connectivity index (χ1) is 11.8. The number of nitrogens with zero attached hydrogens (tertiary/aromatic N) is 2. The quantitative estimate of drug-likeness (QED) is 0.756. The van der Waals surface area contributed by atoms with Crippen molar-refractivity contribution in [1.29, 1.82) is 0 Å². The average Bonchev–Trinajstić information content (AvgIpc) is 2.62. The number of sulfonamides is 2. The lowest BCUT2D eigenvalue weighted by Gasteiger charge is -2.34. The van der Waals surface area contributed by atoms with Crippen molar-refractivity contribution >= 4 is 20.0 Å². The molecule has 1 atom stereocenters. The third kappa shape index (κ3) is 4.06. The van der Waals surface area contributed by atoms with Gasteiger partial charge in [0.05, 0.1) is 9.79 Å². The molecule has 0 aromatic heterocycles. The van der Waals surface area contributed by atoms with E-state index in [4.69, 9.17) is 5.73 Å². The number of rotatable bonds is 7. The number of benzene rings is 1. The van der Waals surface area contributed by atoms with Crippen molar-refractivity contribution in [3.8, 4) is 0 Å². The molecule has 0 aliphatic carbocycles. The molecule has 25 heavy (non-hydrogen) atoms. The fourth-order valence-corrected chi connectivity index (χ4v) is 6.50. The normalized spacial score (nSPS) is 20.1. The van der Waals surface area contributed by atoms with Crippen LogP contribution in [0.4, 0.5) is 0 Å². The summed E-state index contributed by atoms with van der Waals surface area (Å²) in [5.74, 6) is 0. The Morgan fingerprint density at radius 2 is 1.76 bits per heavy atom. The van der Waals surface area contributed by atoms with Crippen LogP contribution in [0.5, 0.6) is 0 Å². The van der Waals surface area contributed by atoms with Gasteiger partial charge in [-0.05, 0) is 31.0 Å². The second kappa shape index (κ2) is 8.13. The highest BCUT2D eigenvalue weighted by molar-refractivity contribution is 7.90. The standard InChI is InChI=1S/C16H27N3O4S2/c1-3-18(4-2)24(20,21)15-9-7-10-16(12-15)25(22,23)19-11-6-5-8-14(19)13-17/h7,9-10,12,14H,3-6,8,11,13,17H2,1-2H3. The van der Waals surface area contributed by atoms with E-state index < -0.39 is 20.0 Å². The van der Waals surface area contributed by atoms with Gasteiger partial charge in [-0.1, -0.05) is 26.3 Å². The minimum Gasteiger partial charge on any atom is -0.329 e. The highest BCUT2D eigenvalue weighted by atomic mass is 32.2. The highest BCUT2D eigenvalue weighted by Crippen LogP contribution is 2.27. The average molecular weight is 390 g/mol. The predicted molar refractivity (Wildman–Crippen MR) is 97.1 cm³/mol. The second-order valence-electron chi connectivity index (χ2n) is 6.07. The van der Waals surface area contributed by atoms with Crippen molar-refractivity contribution < 1.29 is 16.8 Å². The van der Waals surface area contributed by atoms with Gasteiger partial charge in [-0.3, -0.25) is 0 Å². The van der Waals surface area contributed by atoms with E-state index in [1.807, 2.05) is 0 Å². The number of nitrogens with two attached hydrogens (primary N) is 1. The molecule has 1 aliphatic rings. The summed E-state index contributed by atoms with van der Waals surface area (Å²) in [7, 11) is -7.48. The molecular formula is C16H27N3O4S2. The lowest BCUT2D eigenvalue weighted by molar-refractivity contribution is 0.257. The van der Waals surface area contributed by atoms with Crippen molar-refractivity contribution in [1.82, 2.24) is 8.61 Å². The Labute approximate surface area is 150 Å². The van der Waals surface area contributed by atoms with Gasteiger partial charge >= 0.3 is 0 Å². The molecule has 1 fully saturated rings. The molecule has 2 N–H and O–H groups in total. The van der Waals surface area contributed by atoms with Gasteiger partial charge in [0.15, 0.2) is 0 Å². The van der Waals surface area contributed by atoms with Gasteiger partial charge in [0, 0.05) is 32.2 Å². The first-order valence-electron chi connectivity index (χ1n) is 8.61. The van der Waals surface area contributed by atoms with E-state index in [0.29, 0.717) is 19.6 Å². The Kier molecular flexibility index (Phi) is 6.61. The molecule has 1 aromatic rings. The third-order valence-electron chi connectivity index (χ3n) is 4.60. The number of piperidine rings is 1. The van der Waals surface area contributed by atoms with Gasteiger partial charge in [-0.15, -0.1) is 0 Å². The van der Waals surface area contributed by atoms with Crippen molar-refractivity contribution in [3.05, 3.63) is 24.3 Å². The summed E-state index contributed by atoms with van der Waals surface area (Å²) in [5, 5.41) is 0. The van der Waals surface area contributed by atoms with Gasteiger partial charge in [0.2, 0.25) is 20.0 Å². The minimum absolute atomic E-state index is 0.00100. The summed E-state index contributed by atoms with van der Waals surface area (Å²) in [5.41, 5.74) is 5.73. The van der Waals surface area contributed by atoms with E-state index in [-0.39, 0.29) is 22.4 Å². The lowest BCUT2D eigenvalue weighted by Crippen LogP contribution is -2.47.